The molecule has 2 nitrogen and oxygen atoms in total. The molecule has 0 unspecified atom stereocenters. The molecule has 0 atom stereocenters. The minimum atomic E-state index is -0.350. The Labute approximate surface area is 125 Å². The van der Waals surface area contributed by atoms with Gasteiger partial charge in [0.05, 0.1) is 17.7 Å². The highest BCUT2D eigenvalue weighted by atomic mass is 35.5. The SMILES string of the molecule is COC(=O)c1ccc(Sc2cc(Cl)ccc2Cl)cc1. The first kappa shape index (κ1) is 14.3. The van der Waals surface area contributed by atoms with E-state index in [0.29, 0.717) is 15.6 Å². The van der Waals surface area contributed by atoms with Gasteiger partial charge >= 0.3 is 5.97 Å². The predicted octanol–water partition coefficient (Wildman–Crippen LogP) is 4.93. The van der Waals surface area contributed by atoms with Crippen molar-refractivity contribution in [3.63, 3.8) is 0 Å². The summed E-state index contributed by atoms with van der Waals surface area (Å²) >= 11 is 13.5. The molecule has 2 rings (SSSR count). The van der Waals surface area contributed by atoms with Gasteiger partial charge in [-0.2, -0.15) is 0 Å². The number of rotatable bonds is 3. The first-order chi connectivity index (χ1) is 9.10. The summed E-state index contributed by atoms with van der Waals surface area (Å²) in [4.78, 5) is 13.2. The lowest BCUT2D eigenvalue weighted by molar-refractivity contribution is 0.0600. The van der Waals surface area contributed by atoms with Crippen molar-refractivity contribution in [3.8, 4) is 0 Å². The third-order valence-electron chi connectivity index (χ3n) is 2.40. The fraction of sp³-hybridized carbons (Fsp3) is 0.0714. The van der Waals surface area contributed by atoms with Crippen LogP contribution in [0.1, 0.15) is 10.4 Å². The largest absolute Gasteiger partial charge is 0.465 e. The van der Waals surface area contributed by atoms with Crippen molar-refractivity contribution in [2.45, 2.75) is 9.79 Å². The van der Waals surface area contributed by atoms with Crippen LogP contribution in [-0.2, 0) is 4.74 Å². The number of hydrogen-bond donors (Lipinski definition) is 0. The Balaban J connectivity index is 2.19. The molecule has 0 amide bonds. The van der Waals surface area contributed by atoms with E-state index in [1.165, 1.54) is 18.9 Å². The molecular formula is C14H10Cl2O2S. The van der Waals surface area contributed by atoms with Crippen LogP contribution in [0.3, 0.4) is 0 Å². The van der Waals surface area contributed by atoms with Gasteiger partial charge in [-0.15, -0.1) is 0 Å². The van der Waals surface area contributed by atoms with E-state index in [-0.39, 0.29) is 5.97 Å². The molecule has 98 valence electrons. The van der Waals surface area contributed by atoms with Crippen LogP contribution in [0.15, 0.2) is 52.3 Å². The molecule has 0 aliphatic carbocycles. The van der Waals surface area contributed by atoms with Crippen molar-refractivity contribution in [1.82, 2.24) is 0 Å². The third kappa shape index (κ3) is 3.66. The summed E-state index contributed by atoms with van der Waals surface area (Å²) in [6.45, 7) is 0. The van der Waals surface area contributed by atoms with Crippen LogP contribution < -0.4 is 0 Å². The molecule has 2 aromatic carbocycles. The lowest BCUT2D eigenvalue weighted by Gasteiger charge is -2.05. The van der Waals surface area contributed by atoms with Crippen molar-refractivity contribution in [3.05, 3.63) is 58.1 Å². The van der Waals surface area contributed by atoms with Crippen molar-refractivity contribution in [2.24, 2.45) is 0 Å². The van der Waals surface area contributed by atoms with E-state index in [2.05, 4.69) is 4.74 Å². The molecule has 0 heterocycles. The second-order valence-electron chi connectivity index (χ2n) is 3.69. The average Bonchev–Trinajstić information content (AvgIpc) is 2.43. The summed E-state index contributed by atoms with van der Waals surface area (Å²) in [5, 5.41) is 1.28. The molecule has 5 heteroatoms. The molecule has 0 aliphatic rings. The van der Waals surface area contributed by atoms with Gasteiger partial charge in [0.15, 0.2) is 0 Å². The van der Waals surface area contributed by atoms with E-state index in [1.807, 2.05) is 18.2 Å². The van der Waals surface area contributed by atoms with Crippen molar-refractivity contribution < 1.29 is 9.53 Å². The zero-order valence-electron chi connectivity index (χ0n) is 10.0. The molecule has 0 saturated heterocycles. The van der Waals surface area contributed by atoms with Gasteiger partial charge in [0.1, 0.15) is 0 Å². The molecule has 0 saturated carbocycles. The van der Waals surface area contributed by atoms with Crippen LogP contribution in [0.5, 0.6) is 0 Å². The van der Waals surface area contributed by atoms with E-state index in [1.54, 1.807) is 24.3 Å². The Morgan fingerprint density at radius 1 is 1.11 bits per heavy atom. The van der Waals surface area contributed by atoms with E-state index in [4.69, 9.17) is 23.2 Å². The van der Waals surface area contributed by atoms with Gasteiger partial charge < -0.3 is 4.74 Å². The van der Waals surface area contributed by atoms with Gasteiger partial charge in [-0.3, -0.25) is 0 Å². The fourth-order valence-corrected chi connectivity index (χ4v) is 2.81. The van der Waals surface area contributed by atoms with Crippen molar-refractivity contribution in [1.29, 1.82) is 0 Å². The summed E-state index contributed by atoms with van der Waals surface area (Å²) in [5.74, 6) is -0.350. The first-order valence-electron chi connectivity index (χ1n) is 5.41. The Morgan fingerprint density at radius 2 is 1.79 bits per heavy atom. The summed E-state index contributed by atoms with van der Waals surface area (Å²) in [6, 6.07) is 12.4. The van der Waals surface area contributed by atoms with Crippen LogP contribution >= 0.6 is 35.0 Å². The summed E-state index contributed by atoms with van der Waals surface area (Å²) < 4.78 is 4.64. The number of benzene rings is 2. The standard InChI is InChI=1S/C14H10Cl2O2S/c1-18-14(17)9-2-5-11(6-3-9)19-13-8-10(15)4-7-12(13)16/h2-8H,1H3. The lowest BCUT2D eigenvalue weighted by atomic mass is 10.2. The predicted molar refractivity (Wildman–Crippen MR) is 78.4 cm³/mol. The topological polar surface area (TPSA) is 26.3 Å². The third-order valence-corrected chi connectivity index (χ3v) is 4.14. The number of hydrogen-bond acceptors (Lipinski definition) is 3. The second kappa shape index (κ2) is 6.33. The number of ether oxygens (including phenoxy) is 1. The lowest BCUT2D eigenvalue weighted by Crippen LogP contribution is -2.00. The monoisotopic (exact) mass is 312 g/mol. The maximum absolute atomic E-state index is 11.3. The molecule has 0 fully saturated rings. The highest BCUT2D eigenvalue weighted by Crippen LogP contribution is 2.35. The van der Waals surface area contributed by atoms with Crippen LogP contribution in [0.2, 0.25) is 10.0 Å². The quantitative estimate of drug-likeness (QED) is 0.751. The highest BCUT2D eigenvalue weighted by Gasteiger charge is 2.07. The number of carbonyl (C=O) groups excluding carboxylic acids is 1. The first-order valence-corrected chi connectivity index (χ1v) is 6.98. The molecule has 19 heavy (non-hydrogen) atoms. The number of carbonyl (C=O) groups is 1. The minimum Gasteiger partial charge on any atom is -0.465 e. The van der Waals surface area contributed by atoms with E-state index in [9.17, 15) is 4.79 Å². The molecule has 0 spiro atoms. The molecule has 0 aliphatic heterocycles. The zero-order valence-corrected chi connectivity index (χ0v) is 12.4. The molecule has 2 aromatic rings. The average molecular weight is 313 g/mol. The van der Waals surface area contributed by atoms with Gasteiger partial charge in [0, 0.05) is 14.8 Å². The van der Waals surface area contributed by atoms with Gasteiger partial charge in [-0.25, -0.2) is 4.79 Å². The highest BCUT2D eigenvalue weighted by molar-refractivity contribution is 7.99. The number of halogens is 2. The summed E-state index contributed by atoms with van der Waals surface area (Å²) in [7, 11) is 1.36. The zero-order chi connectivity index (χ0) is 13.8. The summed E-state index contributed by atoms with van der Waals surface area (Å²) in [5.41, 5.74) is 0.518. The number of esters is 1. The van der Waals surface area contributed by atoms with E-state index >= 15 is 0 Å². The minimum absolute atomic E-state index is 0.350. The van der Waals surface area contributed by atoms with Crippen LogP contribution in [-0.4, -0.2) is 13.1 Å². The fourth-order valence-electron chi connectivity index (χ4n) is 1.46. The molecular weight excluding hydrogens is 303 g/mol. The van der Waals surface area contributed by atoms with Gasteiger partial charge in [-0.05, 0) is 42.5 Å². The van der Waals surface area contributed by atoms with E-state index < -0.39 is 0 Å². The van der Waals surface area contributed by atoms with Gasteiger partial charge in [0.25, 0.3) is 0 Å². The molecule has 0 radical (unpaired) electrons. The van der Waals surface area contributed by atoms with Gasteiger partial charge in [-0.1, -0.05) is 35.0 Å². The van der Waals surface area contributed by atoms with E-state index in [0.717, 1.165) is 9.79 Å². The Bertz CT molecular complexity index is 597. The van der Waals surface area contributed by atoms with Crippen LogP contribution in [0, 0.1) is 0 Å². The summed E-state index contributed by atoms with van der Waals surface area (Å²) in [6.07, 6.45) is 0. The second-order valence-corrected chi connectivity index (χ2v) is 5.65. The molecule has 0 aromatic heterocycles. The van der Waals surface area contributed by atoms with Gasteiger partial charge in [0.2, 0.25) is 0 Å². The normalized spacial score (nSPS) is 10.3. The molecule has 0 bridgehead atoms. The smallest absolute Gasteiger partial charge is 0.337 e. The molecule has 0 N–H and O–H groups in total. The Hall–Kier alpha value is -1.16. The van der Waals surface area contributed by atoms with Crippen molar-refractivity contribution >= 4 is 40.9 Å². The van der Waals surface area contributed by atoms with Crippen LogP contribution in [0.25, 0.3) is 0 Å². The van der Waals surface area contributed by atoms with Crippen LogP contribution in [0.4, 0.5) is 0 Å². The maximum Gasteiger partial charge on any atom is 0.337 e. The Kier molecular flexibility index (Phi) is 4.75. The Morgan fingerprint density at radius 3 is 2.42 bits per heavy atom. The maximum atomic E-state index is 11.3. The van der Waals surface area contributed by atoms with Crippen molar-refractivity contribution in [2.75, 3.05) is 7.11 Å². The number of methoxy groups -OCH3 is 1.